The van der Waals surface area contributed by atoms with E-state index in [9.17, 15) is 9.59 Å². The number of benzene rings is 1. The molecule has 1 heterocycles. The summed E-state index contributed by atoms with van der Waals surface area (Å²) < 4.78 is 0. The molecule has 2 aliphatic carbocycles. The molecular formula is C21H30N4O2. The van der Waals surface area contributed by atoms with E-state index in [1.165, 1.54) is 6.42 Å². The molecule has 2 saturated carbocycles. The zero-order chi connectivity index (χ0) is 19.0. The topological polar surface area (TPSA) is 78.7 Å². The molecule has 4 atom stereocenters. The van der Waals surface area contributed by atoms with Crippen LogP contribution in [0.3, 0.4) is 0 Å². The third-order valence-corrected chi connectivity index (χ3v) is 6.69. The number of likely N-dealkylation sites (N-methyl/N-ethyl adjacent to an activating group) is 1. The second-order valence-electron chi connectivity index (χ2n) is 8.49. The molecule has 2 bridgehead atoms. The molecule has 1 saturated heterocycles. The Kier molecular flexibility index (Phi) is 5.19. The van der Waals surface area contributed by atoms with E-state index in [2.05, 4.69) is 17.3 Å². The average Bonchev–Trinajstić information content (AvgIpc) is 3.23. The van der Waals surface area contributed by atoms with Crippen LogP contribution in [0.2, 0.25) is 0 Å². The number of fused-ring (bicyclic) bond motifs is 2. The van der Waals surface area contributed by atoms with Crippen molar-refractivity contribution in [1.82, 2.24) is 9.80 Å². The number of nitrogens with two attached hydrogens (primary N) is 1. The molecule has 0 spiro atoms. The normalized spacial score (nSPS) is 30.5. The number of amides is 2. The lowest BCUT2D eigenvalue weighted by Crippen LogP contribution is -2.47. The molecule has 1 aromatic carbocycles. The molecule has 0 aromatic heterocycles. The maximum absolute atomic E-state index is 12.8. The number of hydrogen-bond donors (Lipinski definition) is 2. The molecule has 1 aliphatic heterocycles. The van der Waals surface area contributed by atoms with E-state index < -0.39 is 0 Å². The van der Waals surface area contributed by atoms with Crippen LogP contribution in [-0.2, 0) is 16.0 Å². The standard InChI is InChI=1S/C21H30N4O2/c1-24-7-9-25(10-8-24)18(26)12-14-3-2-4-17(11-14)23-21(27)19-15-5-6-16(13-15)20(19)22/h2-4,11,15-16,19-20H,5-10,12-13,22H2,1H3,(H,23,27). The first-order valence-electron chi connectivity index (χ1n) is 10.1. The Morgan fingerprint density at radius 2 is 1.89 bits per heavy atom. The minimum Gasteiger partial charge on any atom is -0.340 e. The van der Waals surface area contributed by atoms with E-state index >= 15 is 0 Å². The van der Waals surface area contributed by atoms with Gasteiger partial charge in [-0.3, -0.25) is 9.59 Å². The quantitative estimate of drug-likeness (QED) is 0.838. The van der Waals surface area contributed by atoms with Gasteiger partial charge in [-0.05, 0) is 55.8 Å². The monoisotopic (exact) mass is 370 g/mol. The molecule has 27 heavy (non-hydrogen) atoms. The maximum atomic E-state index is 12.8. The van der Waals surface area contributed by atoms with E-state index in [-0.39, 0.29) is 23.8 Å². The summed E-state index contributed by atoms with van der Waals surface area (Å²) in [5.41, 5.74) is 7.99. The summed E-state index contributed by atoms with van der Waals surface area (Å²) in [7, 11) is 2.08. The predicted octanol–water partition coefficient (Wildman–Crippen LogP) is 1.31. The summed E-state index contributed by atoms with van der Waals surface area (Å²) in [4.78, 5) is 29.5. The van der Waals surface area contributed by atoms with Crippen LogP contribution in [0.5, 0.6) is 0 Å². The molecule has 3 fully saturated rings. The first kappa shape index (κ1) is 18.4. The van der Waals surface area contributed by atoms with Gasteiger partial charge in [0, 0.05) is 37.9 Å². The Morgan fingerprint density at radius 3 is 2.59 bits per heavy atom. The fraction of sp³-hybridized carbons (Fsp3) is 0.619. The molecule has 0 radical (unpaired) electrons. The summed E-state index contributed by atoms with van der Waals surface area (Å²) in [6, 6.07) is 7.66. The number of carbonyl (C=O) groups is 2. The first-order valence-corrected chi connectivity index (χ1v) is 10.1. The van der Waals surface area contributed by atoms with E-state index in [4.69, 9.17) is 5.73 Å². The molecule has 3 aliphatic rings. The Hall–Kier alpha value is -1.92. The molecule has 2 amide bonds. The number of anilines is 1. The van der Waals surface area contributed by atoms with Crippen LogP contribution < -0.4 is 11.1 Å². The van der Waals surface area contributed by atoms with Crippen molar-refractivity contribution in [3.05, 3.63) is 29.8 Å². The summed E-state index contributed by atoms with van der Waals surface area (Å²) in [5, 5.41) is 3.05. The van der Waals surface area contributed by atoms with Gasteiger partial charge in [0.15, 0.2) is 0 Å². The Morgan fingerprint density at radius 1 is 1.15 bits per heavy atom. The van der Waals surface area contributed by atoms with E-state index in [1.54, 1.807) is 0 Å². The van der Waals surface area contributed by atoms with Crippen molar-refractivity contribution < 1.29 is 9.59 Å². The van der Waals surface area contributed by atoms with Crippen molar-refractivity contribution in [2.75, 3.05) is 38.5 Å². The second-order valence-corrected chi connectivity index (χ2v) is 8.49. The van der Waals surface area contributed by atoms with Crippen LogP contribution in [-0.4, -0.2) is 60.9 Å². The molecule has 1 aromatic rings. The Balaban J connectivity index is 1.36. The second kappa shape index (κ2) is 7.60. The largest absolute Gasteiger partial charge is 0.340 e. The van der Waals surface area contributed by atoms with E-state index in [0.29, 0.717) is 18.3 Å². The molecule has 4 unspecified atom stereocenters. The van der Waals surface area contributed by atoms with Gasteiger partial charge in [0.25, 0.3) is 0 Å². The van der Waals surface area contributed by atoms with Gasteiger partial charge >= 0.3 is 0 Å². The summed E-state index contributed by atoms with van der Waals surface area (Å²) in [5.74, 6) is 1.07. The highest BCUT2D eigenvalue weighted by molar-refractivity contribution is 5.93. The fourth-order valence-electron chi connectivity index (χ4n) is 5.05. The summed E-state index contributed by atoms with van der Waals surface area (Å²) in [6.07, 6.45) is 3.76. The van der Waals surface area contributed by atoms with Gasteiger partial charge in [-0.2, -0.15) is 0 Å². The smallest absolute Gasteiger partial charge is 0.229 e. The van der Waals surface area contributed by atoms with Crippen LogP contribution in [0.4, 0.5) is 5.69 Å². The van der Waals surface area contributed by atoms with Crippen LogP contribution in [0.1, 0.15) is 24.8 Å². The Bertz CT molecular complexity index is 712. The van der Waals surface area contributed by atoms with Crippen LogP contribution in [0.15, 0.2) is 24.3 Å². The first-order chi connectivity index (χ1) is 13.0. The molecule has 6 heteroatoms. The number of nitrogens with zero attached hydrogens (tertiary/aromatic N) is 2. The predicted molar refractivity (Wildman–Crippen MR) is 105 cm³/mol. The van der Waals surface area contributed by atoms with Crippen LogP contribution in [0, 0.1) is 17.8 Å². The average molecular weight is 370 g/mol. The van der Waals surface area contributed by atoms with Gasteiger partial charge < -0.3 is 20.9 Å². The van der Waals surface area contributed by atoms with Crippen LogP contribution in [0.25, 0.3) is 0 Å². The fourth-order valence-corrected chi connectivity index (χ4v) is 5.05. The number of hydrogen-bond acceptors (Lipinski definition) is 4. The molecule has 4 rings (SSSR count). The van der Waals surface area contributed by atoms with E-state index in [1.807, 2.05) is 29.2 Å². The van der Waals surface area contributed by atoms with Gasteiger partial charge in [-0.1, -0.05) is 12.1 Å². The minimum atomic E-state index is -0.0700. The van der Waals surface area contributed by atoms with Gasteiger partial charge in [-0.25, -0.2) is 0 Å². The summed E-state index contributed by atoms with van der Waals surface area (Å²) >= 11 is 0. The van der Waals surface area contributed by atoms with Gasteiger partial charge in [0.1, 0.15) is 0 Å². The Labute approximate surface area is 161 Å². The third-order valence-electron chi connectivity index (χ3n) is 6.69. The SMILES string of the molecule is CN1CCN(C(=O)Cc2cccc(NC(=O)C3C4CCC(C4)C3N)c2)CC1. The maximum Gasteiger partial charge on any atom is 0.229 e. The zero-order valence-corrected chi connectivity index (χ0v) is 16.1. The van der Waals surface area contributed by atoms with Crippen molar-refractivity contribution in [2.45, 2.75) is 31.7 Å². The number of nitrogens with one attached hydrogen (secondary N) is 1. The number of rotatable bonds is 4. The van der Waals surface area contributed by atoms with E-state index in [0.717, 1.165) is 50.3 Å². The lowest BCUT2D eigenvalue weighted by Gasteiger charge is -2.32. The summed E-state index contributed by atoms with van der Waals surface area (Å²) in [6.45, 7) is 3.42. The lowest BCUT2D eigenvalue weighted by molar-refractivity contribution is -0.132. The number of carbonyl (C=O) groups excluding carboxylic acids is 2. The number of piperazine rings is 1. The van der Waals surface area contributed by atoms with Gasteiger partial charge in [0.2, 0.25) is 11.8 Å². The molecule has 146 valence electrons. The van der Waals surface area contributed by atoms with Gasteiger partial charge in [0.05, 0.1) is 12.3 Å². The zero-order valence-electron chi connectivity index (χ0n) is 16.1. The minimum absolute atomic E-state index is 0.00857. The van der Waals surface area contributed by atoms with Crippen molar-refractivity contribution in [1.29, 1.82) is 0 Å². The van der Waals surface area contributed by atoms with Crippen molar-refractivity contribution in [3.8, 4) is 0 Å². The van der Waals surface area contributed by atoms with Crippen LogP contribution >= 0.6 is 0 Å². The molecular weight excluding hydrogens is 340 g/mol. The highest BCUT2D eigenvalue weighted by atomic mass is 16.2. The molecule has 6 nitrogen and oxygen atoms in total. The van der Waals surface area contributed by atoms with Gasteiger partial charge in [-0.15, -0.1) is 0 Å². The van der Waals surface area contributed by atoms with Crippen molar-refractivity contribution in [2.24, 2.45) is 23.5 Å². The van der Waals surface area contributed by atoms with Crippen molar-refractivity contribution in [3.63, 3.8) is 0 Å². The van der Waals surface area contributed by atoms with Crippen molar-refractivity contribution >= 4 is 17.5 Å². The highest BCUT2D eigenvalue weighted by Gasteiger charge is 2.49. The third kappa shape index (κ3) is 3.87. The molecule has 3 N–H and O–H groups in total. The highest BCUT2D eigenvalue weighted by Crippen LogP contribution is 2.47. The lowest BCUT2D eigenvalue weighted by atomic mass is 9.84.